The topological polar surface area (TPSA) is 29.1 Å². The molecule has 0 saturated heterocycles. The zero-order chi connectivity index (χ0) is 14.7. The summed E-state index contributed by atoms with van der Waals surface area (Å²) in [6, 6.07) is 10.9. The molecule has 0 aliphatic heterocycles. The van der Waals surface area contributed by atoms with Gasteiger partial charge in [0.25, 0.3) is 5.91 Å². The van der Waals surface area contributed by atoms with Gasteiger partial charge in [0.2, 0.25) is 0 Å². The number of hydrogen-bond donors (Lipinski definition) is 1. The molecule has 5 heteroatoms. The van der Waals surface area contributed by atoms with E-state index < -0.39 is 6.04 Å². The lowest BCUT2D eigenvalue weighted by Gasteiger charge is -2.15. The normalized spacial score (nSPS) is 12.0. The Morgan fingerprint density at radius 2 is 2.00 bits per heavy atom. The van der Waals surface area contributed by atoms with Crippen molar-refractivity contribution in [2.24, 2.45) is 0 Å². The van der Waals surface area contributed by atoms with E-state index in [1.54, 1.807) is 43.3 Å². The highest BCUT2D eigenvalue weighted by molar-refractivity contribution is 9.10. The summed E-state index contributed by atoms with van der Waals surface area (Å²) in [6.45, 7) is 1.73. The van der Waals surface area contributed by atoms with E-state index in [2.05, 4.69) is 21.2 Å². The van der Waals surface area contributed by atoms with Crippen molar-refractivity contribution in [1.82, 2.24) is 5.32 Å². The number of amides is 1. The first-order valence-corrected chi connectivity index (χ1v) is 7.16. The van der Waals surface area contributed by atoms with Gasteiger partial charge >= 0.3 is 0 Å². The van der Waals surface area contributed by atoms with Gasteiger partial charge in [-0.15, -0.1) is 0 Å². The second kappa shape index (κ2) is 6.37. The molecule has 0 saturated carbocycles. The maximum absolute atomic E-state index is 13.6. The molecule has 0 bridgehead atoms. The average Bonchev–Trinajstić information content (AvgIpc) is 2.42. The molecule has 1 N–H and O–H groups in total. The lowest BCUT2D eigenvalue weighted by Crippen LogP contribution is -2.27. The Hall–Kier alpha value is -1.39. The van der Waals surface area contributed by atoms with Crippen molar-refractivity contribution < 1.29 is 9.18 Å². The van der Waals surface area contributed by atoms with Crippen LogP contribution in [0, 0.1) is 5.82 Å². The van der Waals surface area contributed by atoms with Crippen LogP contribution in [0.4, 0.5) is 4.39 Å². The Morgan fingerprint density at radius 3 is 2.65 bits per heavy atom. The van der Waals surface area contributed by atoms with Crippen LogP contribution in [0.15, 0.2) is 46.9 Å². The Morgan fingerprint density at radius 1 is 1.30 bits per heavy atom. The fraction of sp³-hybridized carbons (Fsp3) is 0.133. The molecule has 1 unspecified atom stereocenters. The van der Waals surface area contributed by atoms with E-state index in [1.165, 1.54) is 6.07 Å². The maximum atomic E-state index is 13.6. The molecule has 0 spiro atoms. The number of nitrogens with one attached hydrogen (secondary N) is 1. The van der Waals surface area contributed by atoms with Crippen LogP contribution in [-0.4, -0.2) is 5.91 Å². The van der Waals surface area contributed by atoms with Crippen LogP contribution in [0.5, 0.6) is 0 Å². The monoisotopic (exact) mass is 355 g/mol. The molecule has 2 aromatic carbocycles. The van der Waals surface area contributed by atoms with E-state index in [9.17, 15) is 9.18 Å². The third-order valence-electron chi connectivity index (χ3n) is 2.90. The van der Waals surface area contributed by atoms with Gasteiger partial charge in [0.1, 0.15) is 5.82 Å². The molecule has 0 heterocycles. The maximum Gasteiger partial charge on any atom is 0.251 e. The molecule has 0 aromatic heterocycles. The highest BCUT2D eigenvalue weighted by Crippen LogP contribution is 2.24. The summed E-state index contributed by atoms with van der Waals surface area (Å²) in [4.78, 5) is 12.1. The molecule has 2 nitrogen and oxygen atoms in total. The minimum absolute atomic E-state index is 0.296. The van der Waals surface area contributed by atoms with Crippen LogP contribution in [0.25, 0.3) is 0 Å². The first kappa shape index (κ1) is 15.0. The van der Waals surface area contributed by atoms with Crippen molar-refractivity contribution >= 4 is 33.4 Å². The molecule has 0 aliphatic rings. The van der Waals surface area contributed by atoms with Gasteiger partial charge in [0.15, 0.2) is 0 Å². The number of halogens is 3. The smallest absolute Gasteiger partial charge is 0.251 e. The molecule has 1 atom stereocenters. The highest BCUT2D eigenvalue weighted by atomic mass is 79.9. The predicted molar refractivity (Wildman–Crippen MR) is 81.4 cm³/mol. The molecule has 2 aromatic rings. The zero-order valence-electron chi connectivity index (χ0n) is 10.7. The number of carbonyl (C=O) groups excluding carboxylic acids is 1. The van der Waals surface area contributed by atoms with Crippen molar-refractivity contribution in [2.75, 3.05) is 0 Å². The van der Waals surface area contributed by atoms with E-state index in [-0.39, 0.29) is 11.7 Å². The Balaban J connectivity index is 2.15. The number of benzene rings is 2. The fourth-order valence-electron chi connectivity index (χ4n) is 1.82. The van der Waals surface area contributed by atoms with E-state index in [0.717, 1.165) is 4.47 Å². The molecule has 0 radical (unpaired) electrons. The van der Waals surface area contributed by atoms with Gasteiger partial charge in [-0.25, -0.2) is 4.39 Å². The molecule has 0 aliphatic carbocycles. The Labute approximate surface area is 130 Å². The SMILES string of the molecule is CC(NC(=O)c1ccc(Br)c(Cl)c1)c1ccccc1F. The number of carbonyl (C=O) groups is 1. The first-order chi connectivity index (χ1) is 9.49. The largest absolute Gasteiger partial charge is 0.345 e. The van der Waals surface area contributed by atoms with Gasteiger partial charge < -0.3 is 5.32 Å². The first-order valence-electron chi connectivity index (χ1n) is 5.99. The van der Waals surface area contributed by atoms with E-state index in [0.29, 0.717) is 16.1 Å². The summed E-state index contributed by atoms with van der Waals surface area (Å²) in [7, 11) is 0. The predicted octanol–water partition coefficient (Wildman–Crippen LogP) is 4.73. The molecule has 0 fully saturated rings. The van der Waals surface area contributed by atoms with Crippen LogP contribution < -0.4 is 5.32 Å². The van der Waals surface area contributed by atoms with Crippen LogP contribution in [0.3, 0.4) is 0 Å². The second-order valence-corrected chi connectivity index (χ2v) is 5.61. The zero-order valence-corrected chi connectivity index (χ0v) is 13.0. The molecule has 1 amide bonds. The van der Waals surface area contributed by atoms with Crippen LogP contribution in [0.2, 0.25) is 5.02 Å². The second-order valence-electron chi connectivity index (χ2n) is 4.35. The summed E-state index contributed by atoms with van der Waals surface area (Å²) in [5, 5.41) is 3.20. The third-order valence-corrected chi connectivity index (χ3v) is 4.13. The molecular weight excluding hydrogens is 345 g/mol. The van der Waals surface area contributed by atoms with E-state index in [4.69, 9.17) is 11.6 Å². The van der Waals surface area contributed by atoms with Gasteiger partial charge in [-0.05, 0) is 47.1 Å². The highest BCUT2D eigenvalue weighted by Gasteiger charge is 2.15. The van der Waals surface area contributed by atoms with Crippen molar-refractivity contribution in [3.63, 3.8) is 0 Å². The van der Waals surface area contributed by atoms with Crippen LogP contribution >= 0.6 is 27.5 Å². The van der Waals surface area contributed by atoms with Crippen molar-refractivity contribution in [3.8, 4) is 0 Å². The summed E-state index contributed by atoms with van der Waals surface area (Å²) in [5.41, 5.74) is 0.880. The van der Waals surface area contributed by atoms with Gasteiger partial charge in [0, 0.05) is 15.6 Å². The standard InChI is InChI=1S/C15H12BrClFNO/c1-9(11-4-2-3-5-14(11)18)19-15(20)10-6-7-12(16)13(17)8-10/h2-9H,1H3,(H,19,20). The lowest BCUT2D eigenvalue weighted by molar-refractivity contribution is 0.0939. The van der Waals surface area contributed by atoms with Crippen LogP contribution in [0.1, 0.15) is 28.9 Å². The van der Waals surface area contributed by atoms with Gasteiger partial charge in [-0.1, -0.05) is 29.8 Å². The average molecular weight is 357 g/mol. The minimum Gasteiger partial charge on any atom is -0.345 e. The quantitative estimate of drug-likeness (QED) is 0.846. The van der Waals surface area contributed by atoms with Crippen molar-refractivity contribution in [2.45, 2.75) is 13.0 Å². The Kier molecular flexibility index (Phi) is 4.78. The summed E-state index contributed by atoms with van der Waals surface area (Å²) >= 11 is 9.21. The summed E-state index contributed by atoms with van der Waals surface area (Å²) in [6.07, 6.45) is 0. The molecular formula is C15H12BrClFNO. The fourth-order valence-corrected chi connectivity index (χ4v) is 2.25. The van der Waals surface area contributed by atoms with Crippen molar-refractivity contribution in [1.29, 1.82) is 0 Å². The van der Waals surface area contributed by atoms with E-state index in [1.807, 2.05) is 0 Å². The van der Waals surface area contributed by atoms with E-state index >= 15 is 0 Å². The van der Waals surface area contributed by atoms with Gasteiger partial charge in [-0.2, -0.15) is 0 Å². The lowest BCUT2D eigenvalue weighted by atomic mass is 10.1. The summed E-state index contributed by atoms with van der Waals surface area (Å²) < 4.78 is 14.4. The third kappa shape index (κ3) is 3.38. The minimum atomic E-state index is -0.425. The molecule has 2 rings (SSSR count). The number of hydrogen-bond acceptors (Lipinski definition) is 1. The van der Waals surface area contributed by atoms with Gasteiger partial charge in [0.05, 0.1) is 11.1 Å². The molecule has 104 valence electrons. The number of rotatable bonds is 3. The molecule has 20 heavy (non-hydrogen) atoms. The Bertz CT molecular complexity index is 648. The van der Waals surface area contributed by atoms with Crippen molar-refractivity contribution in [3.05, 3.63) is 68.9 Å². The van der Waals surface area contributed by atoms with Gasteiger partial charge in [-0.3, -0.25) is 4.79 Å². The summed E-state index contributed by atoms with van der Waals surface area (Å²) in [5.74, 6) is -0.635. The van der Waals surface area contributed by atoms with Crippen LogP contribution in [-0.2, 0) is 0 Å².